The lowest BCUT2D eigenvalue weighted by Crippen LogP contribution is -2.31. The molecular formula is C15H23N3O2. The number of ether oxygens (including phenoxy) is 1. The summed E-state index contributed by atoms with van der Waals surface area (Å²) in [6.45, 7) is 5.94. The number of allylic oxidation sites excluding steroid dienone is 1. The molecule has 0 saturated carbocycles. The van der Waals surface area contributed by atoms with Crippen LogP contribution in [0, 0.1) is 0 Å². The number of carbonyl (C=O) groups is 1. The Kier molecular flexibility index (Phi) is 6.73. The Morgan fingerprint density at radius 1 is 1.40 bits per heavy atom. The largest absolute Gasteiger partial charge is 0.473 e. The molecule has 20 heavy (non-hydrogen) atoms. The van der Waals surface area contributed by atoms with Crippen LogP contribution in [0.1, 0.15) is 24.2 Å². The fraction of sp³-hybridized carbons (Fsp3) is 0.467. The summed E-state index contributed by atoms with van der Waals surface area (Å²) < 4.78 is 5.44. The third-order valence-corrected chi connectivity index (χ3v) is 2.57. The molecule has 0 aliphatic heterocycles. The Morgan fingerprint density at radius 2 is 2.15 bits per heavy atom. The van der Waals surface area contributed by atoms with E-state index in [2.05, 4.69) is 10.3 Å². The van der Waals surface area contributed by atoms with Crippen LogP contribution >= 0.6 is 0 Å². The molecule has 0 aliphatic rings. The average Bonchev–Trinajstić information content (AvgIpc) is 2.38. The first-order valence-corrected chi connectivity index (χ1v) is 6.64. The van der Waals surface area contributed by atoms with Crippen LogP contribution in [0.2, 0.25) is 0 Å². The zero-order valence-corrected chi connectivity index (χ0v) is 12.6. The molecule has 0 fully saturated rings. The summed E-state index contributed by atoms with van der Waals surface area (Å²) in [5.41, 5.74) is 1.74. The van der Waals surface area contributed by atoms with E-state index in [1.54, 1.807) is 12.1 Å². The van der Waals surface area contributed by atoms with Crippen LogP contribution in [0.4, 0.5) is 0 Å². The standard InChI is InChI=1S/C15H23N3O2/c1-12(2)7-10-20-14-6-5-13(11-17-14)15(19)16-8-9-18(3)4/h5-7,11H,8-10H2,1-4H3,(H,16,19). The molecule has 0 radical (unpaired) electrons. The predicted molar refractivity (Wildman–Crippen MR) is 80.1 cm³/mol. The van der Waals surface area contributed by atoms with E-state index < -0.39 is 0 Å². The quantitative estimate of drug-likeness (QED) is 0.771. The summed E-state index contributed by atoms with van der Waals surface area (Å²) in [6, 6.07) is 3.43. The molecule has 5 heteroatoms. The normalized spacial score (nSPS) is 10.2. The Bertz CT molecular complexity index is 449. The molecule has 1 aromatic heterocycles. The highest BCUT2D eigenvalue weighted by Crippen LogP contribution is 2.07. The maximum Gasteiger partial charge on any atom is 0.252 e. The molecule has 1 amide bonds. The van der Waals surface area contributed by atoms with E-state index in [-0.39, 0.29) is 5.91 Å². The zero-order chi connectivity index (χ0) is 15.0. The molecule has 0 atom stereocenters. The van der Waals surface area contributed by atoms with E-state index in [1.807, 2.05) is 38.9 Å². The van der Waals surface area contributed by atoms with Gasteiger partial charge in [-0.25, -0.2) is 4.98 Å². The van der Waals surface area contributed by atoms with Gasteiger partial charge in [0.15, 0.2) is 0 Å². The van der Waals surface area contributed by atoms with E-state index in [0.717, 1.165) is 6.54 Å². The van der Waals surface area contributed by atoms with Crippen molar-refractivity contribution in [3.05, 3.63) is 35.5 Å². The highest BCUT2D eigenvalue weighted by Gasteiger charge is 2.05. The molecule has 1 heterocycles. The van der Waals surface area contributed by atoms with Crippen molar-refractivity contribution in [1.29, 1.82) is 0 Å². The second-order valence-electron chi connectivity index (χ2n) is 5.04. The Balaban J connectivity index is 2.45. The Labute approximate surface area is 120 Å². The summed E-state index contributed by atoms with van der Waals surface area (Å²) in [6.07, 6.45) is 3.51. The van der Waals surface area contributed by atoms with Crippen LogP contribution < -0.4 is 10.1 Å². The molecular weight excluding hydrogens is 254 g/mol. The van der Waals surface area contributed by atoms with Crippen LogP contribution in [0.15, 0.2) is 30.0 Å². The van der Waals surface area contributed by atoms with Crippen molar-refractivity contribution in [2.75, 3.05) is 33.8 Å². The number of hydrogen-bond acceptors (Lipinski definition) is 4. The average molecular weight is 277 g/mol. The number of nitrogens with one attached hydrogen (secondary N) is 1. The SMILES string of the molecule is CC(C)=CCOc1ccc(C(=O)NCCN(C)C)cn1. The Hall–Kier alpha value is -1.88. The van der Waals surface area contributed by atoms with Gasteiger partial charge in [0.25, 0.3) is 5.91 Å². The maximum absolute atomic E-state index is 11.8. The molecule has 5 nitrogen and oxygen atoms in total. The van der Waals surface area contributed by atoms with Crippen LogP contribution in [0.3, 0.4) is 0 Å². The minimum atomic E-state index is -0.116. The van der Waals surface area contributed by atoms with Crippen molar-refractivity contribution in [1.82, 2.24) is 15.2 Å². The number of nitrogens with zero attached hydrogens (tertiary/aromatic N) is 2. The highest BCUT2D eigenvalue weighted by atomic mass is 16.5. The molecule has 0 spiro atoms. The van der Waals surface area contributed by atoms with Crippen molar-refractivity contribution in [3.8, 4) is 5.88 Å². The van der Waals surface area contributed by atoms with Gasteiger partial charge < -0.3 is 15.0 Å². The number of aromatic nitrogens is 1. The first-order valence-electron chi connectivity index (χ1n) is 6.64. The summed E-state index contributed by atoms with van der Waals surface area (Å²) >= 11 is 0. The van der Waals surface area contributed by atoms with Crippen molar-refractivity contribution >= 4 is 5.91 Å². The second-order valence-corrected chi connectivity index (χ2v) is 5.04. The maximum atomic E-state index is 11.8. The summed E-state index contributed by atoms with van der Waals surface area (Å²) in [4.78, 5) is 18.0. The number of pyridine rings is 1. The number of likely N-dealkylation sites (N-methyl/N-ethyl adjacent to an activating group) is 1. The first-order chi connectivity index (χ1) is 9.49. The van der Waals surface area contributed by atoms with Crippen molar-refractivity contribution in [2.24, 2.45) is 0 Å². The molecule has 0 unspecified atom stereocenters. The lowest BCUT2D eigenvalue weighted by atomic mass is 10.2. The van der Waals surface area contributed by atoms with Gasteiger partial charge in [0, 0.05) is 25.4 Å². The molecule has 110 valence electrons. The van der Waals surface area contributed by atoms with Gasteiger partial charge in [-0.05, 0) is 40.1 Å². The summed E-state index contributed by atoms with van der Waals surface area (Å²) in [7, 11) is 3.93. The molecule has 1 N–H and O–H groups in total. The van der Waals surface area contributed by atoms with Crippen molar-refractivity contribution in [2.45, 2.75) is 13.8 Å². The highest BCUT2D eigenvalue weighted by molar-refractivity contribution is 5.93. The van der Waals surface area contributed by atoms with Crippen LogP contribution in [-0.2, 0) is 0 Å². The lowest BCUT2D eigenvalue weighted by Gasteiger charge is -2.10. The minimum Gasteiger partial charge on any atom is -0.473 e. The predicted octanol–water partition coefficient (Wildman–Crippen LogP) is 1.72. The topological polar surface area (TPSA) is 54.5 Å². The fourth-order valence-electron chi connectivity index (χ4n) is 1.39. The summed E-state index contributed by atoms with van der Waals surface area (Å²) in [5, 5.41) is 2.84. The van der Waals surface area contributed by atoms with E-state index >= 15 is 0 Å². The van der Waals surface area contributed by atoms with Crippen molar-refractivity contribution in [3.63, 3.8) is 0 Å². The third-order valence-electron chi connectivity index (χ3n) is 2.57. The smallest absolute Gasteiger partial charge is 0.252 e. The molecule has 0 bridgehead atoms. The van der Waals surface area contributed by atoms with E-state index in [4.69, 9.17) is 4.74 Å². The first kappa shape index (κ1) is 16.2. The minimum absolute atomic E-state index is 0.116. The van der Waals surface area contributed by atoms with Crippen molar-refractivity contribution < 1.29 is 9.53 Å². The van der Waals surface area contributed by atoms with E-state index in [1.165, 1.54) is 11.8 Å². The fourth-order valence-corrected chi connectivity index (χ4v) is 1.39. The van der Waals surface area contributed by atoms with Crippen LogP contribution in [0.5, 0.6) is 5.88 Å². The number of rotatable bonds is 7. The lowest BCUT2D eigenvalue weighted by molar-refractivity contribution is 0.0950. The van der Waals surface area contributed by atoms with Gasteiger partial charge in [0.05, 0.1) is 5.56 Å². The molecule has 0 saturated heterocycles. The van der Waals surface area contributed by atoms with Gasteiger partial charge in [-0.15, -0.1) is 0 Å². The van der Waals surface area contributed by atoms with Crippen LogP contribution in [-0.4, -0.2) is 49.6 Å². The van der Waals surface area contributed by atoms with E-state index in [0.29, 0.717) is 24.6 Å². The second kappa shape index (κ2) is 8.32. The number of amides is 1. The third kappa shape index (κ3) is 6.33. The van der Waals surface area contributed by atoms with Gasteiger partial charge in [-0.2, -0.15) is 0 Å². The molecule has 1 rings (SSSR count). The molecule has 1 aromatic rings. The van der Waals surface area contributed by atoms with E-state index in [9.17, 15) is 4.79 Å². The molecule has 0 aromatic carbocycles. The van der Waals surface area contributed by atoms with Gasteiger partial charge in [-0.3, -0.25) is 4.79 Å². The van der Waals surface area contributed by atoms with Gasteiger partial charge in [-0.1, -0.05) is 5.57 Å². The zero-order valence-electron chi connectivity index (χ0n) is 12.6. The number of hydrogen-bond donors (Lipinski definition) is 1. The van der Waals surface area contributed by atoms with Gasteiger partial charge in [0.1, 0.15) is 6.61 Å². The Morgan fingerprint density at radius 3 is 2.70 bits per heavy atom. The monoisotopic (exact) mass is 277 g/mol. The summed E-state index contributed by atoms with van der Waals surface area (Å²) in [5.74, 6) is 0.405. The molecule has 0 aliphatic carbocycles. The van der Waals surface area contributed by atoms with Crippen LogP contribution in [0.25, 0.3) is 0 Å². The number of carbonyl (C=O) groups excluding carboxylic acids is 1. The van der Waals surface area contributed by atoms with Gasteiger partial charge >= 0.3 is 0 Å². The van der Waals surface area contributed by atoms with Gasteiger partial charge in [0.2, 0.25) is 5.88 Å².